The number of hydrogen-bond acceptors (Lipinski definition) is 19. The fourth-order valence-electron chi connectivity index (χ4n) is 12.7. The lowest BCUT2D eigenvalue weighted by Gasteiger charge is -2.48. The molecule has 3 aliphatic heterocycles. The van der Waals surface area contributed by atoms with Crippen LogP contribution in [0.5, 0.6) is 0 Å². The van der Waals surface area contributed by atoms with Gasteiger partial charge in [-0.3, -0.25) is 0 Å². The van der Waals surface area contributed by atoms with Crippen LogP contribution in [0, 0.1) is 0 Å². The van der Waals surface area contributed by atoms with Gasteiger partial charge in [-0.2, -0.15) is 0 Å². The molecule has 3 heterocycles. The van der Waals surface area contributed by atoms with Crippen LogP contribution in [0.25, 0.3) is 52.2 Å². The van der Waals surface area contributed by atoms with Gasteiger partial charge in [-0.15, -0.1) is 0 Å². The Labute approximate surface area is 581 Å². The molecule has 4 aliphatic rings. The minimum Gasteiger partial charge on any atom is -0.374 e. The third-order valence-corrected chi connectivity index (χ3v) is 17.5. The minimum absolute atomic E-state index is 0.00274. The molecule has 3 saturated heterocycles. The van der Waals surface area contributed by atoms with E-state index in [0.717, 1.165) is 27.8 Å². The van der Waals surface area contributed by atoms with E-state index in [1.807, 2.05) is 212 Å². The first-order valence-electron chi connectivity index (χ1n) is 33.0. The summed E-state index contributed by atoms with van der Waals surface area (Å²) in [5.74, 6) is 0. The fourth-order valence-corrected chi connectivity index (χ4v) is 12.7. The quantitative estimate of drug-likeness (QED) is 0.0154. The topological polar surface area (TPSA) is 381 Å². The van der Waals surface area contributed by atoms with E-state index < -0.39 is 116 Å². The summed E-state index contributed by atoms with van der Waals surface area (Å²) in [6, 6.07) is 59.7. The van der Waals surface area contributed by atoms with Crippen molar-refractivity contribution in [3.8, 4) is 0 Å². The molecule has 4 fully saturated rings. The number of nitrogens with zero attached hydrogens (tertiary/aromatic N) is 15. The normalized spacial score (nSPS) is 28.3. The minimum atomic E-state index is -1.70. The third kappa shape index (κ3) is 19.8. The highest BCUT2D eigenvalue weighted by atomic mass is 16.8. The number of rotatable bonds is 35. The third-order valence-electron chi connectivity index (χ3n) is 17.5. The SMILES string of the molecule is [N-]=[N+]=NC[C@@H]1O[C@H](O[C@@H]2C(OCc3ccccc3)[C@H](O[C@@H]3C(OCc4ccccc4)[C@H](N=[N+]=[N-])CC(N=[N+]=[N-])[C@@H]3O[C@@H]3OC(C=O)[C@H](OCc4ccccc4)[C@H](OCc4ccccc4)C3N=[N+]=[N-])O[C@@H]2COCc2ccccc2)C(N=[N+]=[N-])C(OCc2ccccc2)[C@@H]1OCc1ccccc1. The molecule has 7 aromatic carbocycles. The molecule has 101 heavy (non-hydrogen) atoms. The van der Waals surface area contributed by atoms with Gasteiger partial charge < -0.3 is 66.4 Å². The highest BCUT2D eigenvalue weighted by molar-refractivity contribution is 5.58. The van der Waals surface area contributed by atoms with Crippen LogP contribution in [0.1, 0.15) is 45.4 Å². The summed E-state index contributed by atoms with van der Waals surface area (Å²) in [6.45, 7) is -0.562. The molecule has 11 rings (SSSR count). The van der Waals surface area contributed by atoms with Crippen LogP contribution >= 0.6 is 0 Å². The average Bonchev–Trinajstić information content (AvgIpc) is 1.66. The highest BCUT2D eigenvalue weighted by Crippen LogP contribution is 2.42. The van der Waals surface area contributed by atoms with Gasteiger partial charge in [0, 0.05) is 24.6 Å². The fraction of sp³-hybridized carbons (Fsp3) is 0.403. The number of azide groups is 5. The summed E-state index contributed by atoms with van der Waals surface area (Å²) in [4.78, 5) is 29.7. The Kier molecular flexibility index (Phi) is 27.4. The van der Waals surface area contributed by atoms with Crippen molar-refractivity contribution < 1.29 is 66.4 Å². The number of aldehydes is 1. The van der Waals surface area contributed by atoms with Crippen LogP contribution in [-0.4, -0.2) is 136 Å². The number of ether oxygens (including phenoxy) is 13. The van der Waals surface area contributed by atoms with Crippen LogP contribution in [0.3, 0.4) is 0 Å². The van der Waals surface area contributed by atoms with Gasteiger partial charge in [0.05, 0.1) is 89.8 Å². The molecule has 0 radical (unpaired) electrons. The second kappa shape index (κ2) is 38.2. The van der Waals surface area contributed by atoms with Gasteiger partial charge in [-0.1, -0.05) is 238 Å². The lowest BCUT2D eigenvalue weighted by atomic mass is 9.83. The Morgan fingerprint density at radius 1 is 0.347 bits per heavy atom. The maximum atomic E-state index is 13.5. The number of benzene rings is 7. The molecule has 19 atom stereocenters. The van der Waals surface area contributed by atoms with Crippen molar-refractivity contribution in [1.82, 2.24) is 0 Å². The molecule has 1 aliphatic carbocycles. The maximum absolute atomic E-state index is 13.5. The van der Waals surface area contributed by atoms with Crippen LogP contribution in [0.4, 0.5) is 0 Å². The van der Waals surface area contributed by atoms with E-state index in [4.69, 9.17) is 61.6 Å². The van der Waals surface area contributed by atoms with Crippen LogP contribution in [-0.2, 0) is 113 Å². The number of carbonyl (C=O) groups is 1. The van der Waals surface area contributed by atoms with Crippen LogP contribution < -0.4 is 0 Å². The van der Waals surface area contributed by atoms with E-state index in [1.165, 1.54) is 0 Å². The standard InChI is InChI=1S/C72H75N15O14/c73-83-78-37-56-63(91-41-49-26-12-3-13-27-49)66(93-43-51-30-16-5-17-31-51)59(81-86-76)70(96-56)100-65-58(46-89-39-47-22-8-1-9-23-47)98-72(69(65)95-45-53-34-20-7-21-35-53)101-68-61(90-40-48-24-10-2-11-25-48)54(79-84-74)36-55(80-85-75)62(68)99-71-60(82-87-77)67(94-44-52-32-18-6-19-33-52)64(57(38-88)97-71)92-42-50-28-14-4-15-29-50/h1-35,38,54-72H,36-37,39-46H2/t54-,55?,56+,57?,58-,59?,60?,61?,62+,63-,64+,65+,66?,67-,68-,69?,70-,71+,72+/m1/s1. The van der Waals surface area contributed by atoms with Crippen molar-refractivity contribution in [2.24, 2.45) is 25.6 Å². The molecular formula is C72H75N15O14. The lowest BCUT2D eigenvalue weighted by Crippen LogP contribution is -2.64. The Morgan fingerprint density at radius 2 is 0.693 bits per heavy atom. The first-order valence-corrected chi connectivity index (χ1v) is 33.0. The second-order valence-corrected chi connectivity index (χ2v) is 24.1. The van der Waals surface area contributed by atoms with Gasteiger partial charge in [-0.25, -0.2) is 0 Å². The Bertz CT molecular complexity index is 3930. The zero-order valence-corrected chi connectivity index (χ0v) is 54.7. The highest BCUT2D eigenvalue weighted by Gasteiger charge is 2.58. The summed E-state index contributed by atoms with van der Waals surface area (Å²) in [5.41, 5.74) is 57.1. The lowest BCUT2D eigenvalue weighted by molar-refractivity contribution is -0.314. The summed E-state index contributed by atoms with van der Waals surface area (Å²) in [7, 11) is 0. The van der Waals surface area contributed by atoms with Gasteiger partial charge in [0.2, 0.25) is 0 Å². The first-order chi connectivity index (χ1) is 49.8. The largest absolute Gasteiger partial charge is 0.374 e. The predicted octanol–water partition coefficient (Wildman–Crippen LogP) is 13.7. The van der Waals surface area contributed by atoms with Crippen molar-refractivity contribution in [2.45, 2.75) is 169 Å². The predicted molar refractivity (Wildman–Crippen MR) is 363 cm³/mol. The summed E-state index contributed by atoms with van der Waals surface area (Å²) in [5, 5.41) is 21.0. The van der Waals surface area contributed by atoms with Crippen molar-refractivity contribution >= 4 is 6.29 Å². The molecular weight excluding hydrogens is 1300 g/mol. The summed E-state index contributed by atoms with van der Waals surface area (Å²) < 4.78 is 89.4. The summed E-state index contributed by atoms with van der Waals surface area (Å²) in [6.07, 6.45) is -19.9. The van der Waals surface area contributed by atoms with Gasteiger partial charge in [-0.05, 0) is 73.0 Å². The molecule has 7 unspecified atom stereocenters. The molecule has 0 bridgehead atoms. The Hall–Kier alpha value is -9.76. The van der Waals surface area contributed by atoms with Crippen molar-refractivity contribution in [3.63, 3.8) is 0 Å². The van der Waals surface area contributed by atoms with Gasteiger partial charge in [0.1, 0.15) is 67.0 Å². The van der Waals surface area contributed by atoms with E-state index in [-0.39, 0.29) is 65.8 Å². The molecule has 0 spiro atoms. The van der Waals surface area contributed by atoms with E-state index in [1.54, 1.807) is 0 Å². The molecule has 0 N–H and O–H groups in total. The number of carbonyl (C=O) groups excluding carboxylic acids is 1. The molecule has 522 valence electrons. The van der Waals surface area contributed by atoms with Gasteiger partial charge in [0.25, 0.3) is 0 Å². The monoisotopic (exact) mass is 1370 g/mol. The second-order valence-electron chi connectivity index (χ2n) is 24.1. The van der Waals surface area contributed by atoms with E-state index in [2.05, 4.69) is 50.1 Å². The van der Waals surface area contributed by atoms with Crippen molar-refractivity contribution in [1.29, 1.82) is 0 Å². The zero-order valence-electron chi connectivity index (χ0n) is 54.7. The van der Waals surface area contributed by atoms with Gasteiger partial charge >= 0.3 is 0 Å². The summed E-state index contributed by atoms with van der Waals surface area (Å²) >= 11 is 0. The molecule has 0 amide bonds. The van der Waals surface area contributed by atoms with Crippen LogP contribution in [0.2, 0.25) is 0 Å². The first kappa shape index (κ1) is 72.5. The van der Waals surface area contributed by atoms with Gasteiger partial charge in [0.15, 0.2) is 25.2 Å². The number of hydrogen-bond donors (Lipinski definition) is 0. The molecule has 29 nitrogen and oxygen atoms in total. The van der Waals surface area contributed by atoms with Crippen LogP contribution in [0.15, 0.2) is 238 Å². The molecule has 7 aromatic rings. The van der Waals surface area contributed by atoms with E-state index >= 15 is 0 Å². The molecule has 0 aromatic heterocycles. The average molecular weight is 1370 g/mol. The Morgan fingerprint density at radius 3 is 1.12 bits per heavy atom. The maximum Gasteiger partial charge on any atom is 0.187 e. The molecule has 1 saturated carbocycles. The van der Waals surface area contributed by atoms with Crippen molar-refractivity contribution in [2.75, 3.05) is 13.2 Å². The van der Waals surface area contributed by atoms with Crippen molar-refractivity contribution in [3.05, 3.63) is 303 Å². The zero-order chi connectivity index (χ0) is 69.8. The Balaban J connectivity index is 1.01. The van der Waals surface area contributed by atoms with E-state index in [9.17, 15) is 32.5 Å². The van der Waals surface area contributed by atoms with E-state index in [0.29, 0.717) is 17.4 Å². The smallest absolute Gasteiger partial charge is 0.187 e. The molecule has 29 heteroatoms.